The number of ketones is 1. The molecule has 5 rings (SSSR count). The van der Waals surface area contributed by atoms with Crippen molar-refractivity contribution in [1.82, 2.24) is 5.32 Å². The lowest BCUT2D eigenvalue weighted by Crippen LogP contribution is -2.65. The molecule has 50 heavy (non-hydrogen) atoms. The highest BCUT2D eigenvalue weighted by molar-refractivity contribution is 5.99. The molecule has 2 aromatic carbocycles. The number of methoxy groups -OCH3 is 1. The van der Waals surface area contributed by atoms with Crippen LogP contribution in [0, 0.1) is 6.92 Å². The maximum atomic E-state index is 13.2. The number of carbonyl (C=O) groups is 2. The topological polar surface area (TPSA) is 174 Å². The fourth-order valence-corrected chi connectivity index (χ4v) is 6.69. The van der Waals surface area contributed by atoms with Crippen LogP contribution in [0.2, 0.25) is 0 Å². The number of aliphatic hydroxyl groups is 1. The van der Waals surface area contributed by atoms with E-state index in [4.69, 9.17) is 23.4 Å². The lowest BCUT2D eigenvalue weighted by molar-refractivity contribution is -0.305. The Bertz CT molecular complexity index is 1820. The summed E-state index contributed by atoms with van der Waals surface area (Å²) < 4.78 is 29.2. The second-order valence-corrected chi connectivity index (χ2v) is 13.9. The molecule has 1 saturated heterocycles. The maximum absolute atomic E-state index is 13.2. The number of aliphatic hydroxyl groups excluding tert-OH is 1. The van der Waals surface area contributed by atoms with Gasteiger partial charge in [-0.3, -0.25) is 4.79 Å². The van der Waals surface area contributed by atoms with Crippen LogP contribution in [0.4, 0.5) is 4.79 Å². The molecule has 2 fully saturated rings. The van der Waals surface area contributed by atoms with Crippen LogP contribution in [-0.2, 0) is 27.1 Å². The molecule has 1 aliphatic heterocycles. The molecule has 12 nitrogen and oxygen atoms in total. The van der Waals surface area contributed by atoms with E-state index in [0.29, 0.717) is 17.5 Å². The number of Topliss-reactive ketones (excluding diaryl/α,β-unsaturated/α-hetero) is 1. The Kier molecular flexibility index (Phi) is 11.2. The first-order valence-corrected chi connectivity index (χ1v) is 17.0. The van der Waals surface area contributed by atoms with Gasteiger partial charge in [-0.2, -0.15) is 0 Å². The Morgan fingerprint density at radius 2 is 1.80 bits per heavy atom. The van der Waals surface area contributed by atoms with E-state index in [1.54, 1.807) is 26.8 Å². The van der Waals surface area contributed by atoms with E-state index in [1.165, 1.54) is 31.4 Å². The zero-order valence-electron chi connectivity index (χ0n) is 29.4. The molecule has 1 saturated carbocycles. The van der Waals surface area contributed by atoms with E-state index in [0.717, 1.165) is 37.7 Å². The Morgan fingerprint density at radius 3 is 2.48 bits per heavy atom. The minimum atomic E-state index is -1.46. The first-order valence-electron chi connectivity index (χ1n) is 17.0. The molecule has 0 spiro atoms. The summed E-state index contributed by atoms with van der Waals surface area (Å²) in [5, 5.41) is 35.9. The monoisotopic (exact) mass is 693 g/mol. The number of aryl methyl sites for hydroxylation is 1. The van der Waals surface area contributed by atoms with Gasteiger partial charge in [-0.25, -0.2) is 9.59 Å². The van der Waals surface area contributed by atoms with E-state index in [2.05, 4.69) is 5.32 Å². The molecule has 4 atom stereocenters. The van der Waals surface area contributed by atoms with Crippen molar-refractivity contribution in [1.29, 1.82) is 0 Å². The highest BCUT2D eigenvalue weighted by atomic mass is 16.7. The first-order chi connectivity index (χ1) is 23.7. The molecule has 0 bridgehead atoms. The molecule has 1 amide bonds. The molecule has 2 aliphatic rings. The Balaban J connectivity index is 1.37. The molecule has 2 heterocycles. The Hall–Kier alpha value is -4.39. The number of allylic oxidation sites excluding steroid dienone is 2. The number of hydrogen-bond donors (Lipinski definition) is 4. The molecular weight excluding hydrogens is 646 g/mol. The van der Waals surface area contributed by atoms with Crippen LogP contribution in [0.15, 0.2) is 51.2 Å². The number of nitrogens with one attached hydrogen (secondary N) is 1. The van der Waals surface area contributed by atoms with Gasteiger partial charge >= 0.3 is 11.7 Å². The van der Waals surface area contributed by atoms with Crippen LogP contribution >= 0.6 is 0 Å². The Labute approximate surface area is 291 Å². The van der Waals surface area contributed by atoms with Crippen LogP contribution in [0.1, 0.15) is 86.8 Å². The number of amides is 1. The number of hydrogen-bond acceptors (Lipinski definition) is 11. The van der Waals surface area contributed by atoms with Gasteiger partial charge in [0.25, 0.3) is 0 Å². The van der Waals surface area contributed by atoms with Crippen molar-refractivity contribution in [2.45, 2.75) is 116 Å². The lowest BCUT2D eigenvalue weighted by atomic mass is 9.89. The lowest BCUT2D eigenvalue weighted by Gasteiger charge is -2.47. The smallest absolute Gasteiger partial charge is 0.407 e. The van der Waals surface area contributed by atoms with E-state index in [1.807, 2.05) is 19.9 Å². The van der Waals surface area contributed by atoms with Crippen molar-refractivity contribution < 1.29 is 48.3 Å². The van der Waals surface area contributed by atoms with Gasteiger partial charge in [-0.15, -0.1) is 0 Å². The quantitative estimate of drug-likeness (QED) is 0.115. The molecular formula is C38H47NO11. The highest BCUT2D eigenvalue weighted by Crippen LogP contribution is 2.38. The zero-order chi connectivity index (χ0) is 36.3. The molecule has 0 unspecified atom stereocenters. The number of phenolic OH excluding ortho intramolecular Hbond substituents is 1. The van der Waals surface area contributed by atoms with Crippen molar-refractivity contribution in [3.8, 4) is 17.2 Å². The molecule has 1 aromatic heterocycles. The summed E-state index contributed by atoms with van der Waals surface area (Å²) in [4.78, 5) is 39.3. The summed E-state index contributed by atoms with van der Waals surface area (Å²) in [5.41, 5.74) is 0.0685. The van der Waals surface area contributed by atoms with Gasteiger partial charge < -0.3 is 44.0 Å². The van der Waals surface area contributed by atoms with E-state index < -0.39 is 59.9 Å². The summed E-state index contributed by atoms with van der Waals surface area (Å²) >= 11 is 0. The number of fused-ring (bicyclic) bond motifs is 1. The van der Waals surface area contributed by atoms with Crippen molar-refractivity contribution in [2.75, 3.05) is 7.11 Å². The second kappa shape index (κ2) is 15.2. The van der Waals surface area contributed by atoms with Gasteiger partial charge in [0, 0.05) is 30.7 Å². The average Bonchev–Trinajstić information content (AvgIpc) is 3.06. The largest absolute Gasteiger partial charge is 0.508 e. The molecule has 0 radical (unpaired) electrons. The fraction of sp³-hybridized carbons (Fsp3) is 0.500. The van der Waals surface area contributed by atoms with Crippen LogP contribution in [0.25, 0.3) is 11.0 Å². The van der Waals surface area contributed by atoms with Crippen molar-refractivity contribution >= 4 is 22.8 Å². The molecule has 12 heteroatoms. The molecule has 1 aliphatic carbocycles. The van der Waals surface area contributed by atoms with Crippen LogP contribution in [-0.4, -0.2) is 70.6 Å². The summed E-state index contributed by atoms with van der Waals surface area (Å²) in [6.45, 7) is 8.93. The van der Waals surface area contributed by atoms with Gasteiger partial charge in [-0.05, 0) is 89.8 Å². The van der Waals surface area contributed by atoms with Crippen molar-refractivity contribution in [2.24, 2.45) is 0 Å². The minimum absolute atomic E-state index is 0.00231. The number of phenols is 1. The van der Waals surface area contributed by atoms with Crippen LogP contribution < -0.4 is 15.7 Å². The van der Waals surface area contributed by atoms with Crippen molar-refractivity contribution in [3.05, 3.63) is 74.7 Å². The maximum Gasteiger partial charge on any atom is 0.407 e. The third-order valence-corrected chi connectivity index (χ3v) is 9.49. The normalized spacial score (nSPS) is 22.1. The van der Waals surface area contributed by atoms with E-state index in [9.17, 15) is 29.7 Å². The number of alkyl carbamates (subject to hydrolysis) is 1. The predicted molar refractivity (Wildman–Crippen MR) is 185 cm³/mol. The van der Waals surface area contributed by atoms with Gasteiger partial charge in [0.2, 0.25) is 6.29 Å². The van der Waals surface area contributed by atoms with Crippen LogP contribution in [0.3, 0.4) is 0 Å². The van der Waals surface area contributed by atoms with Gasteiger partial charge in [-0.1, -0.05) is 30.9 Å². The van der Waals surface area contributed by atoms with Gasteiger partial charge in [0.15, 0.2) is 18.0 Å². The number of benzene rings is 2. The van der Waals surface area contributed by atoms with E-state index >= 15 is 0 Å². The second-order valence-electron chi connectivity index (χ2n) is 13.9. The number of rotatable bonds is 10. The fourth-order valence-electron chi connectivity index (χ4n) is 6.69. The first kappa shape index (κ1) is 36.9. The summed E-state index contributed by atoms with van der Waals surface area (Å²) in [5.74, 6) is -0.611. The number of ether oxygens (including phenoxy) is 4. The molecule has 270 valence electrons. The summed E-state index contributed by atoms with van der Waals surface area (Å²) in [6, 6.07) is 7.47. The molecule has 3 aromatic rings. The van der Waals surface area contributed by atoms with Crippen LogP contribution in [0.5, 0.6) is 17.2 Å². The third-order valence-electron chi connectivity index (χ3n) is 9.49. The number of aromatic hydroxyl groups is 2. The Morgan fingerprint density at radius 1 is 1.08 bits per heavy atom. The highest BCUT2D eigenvalue weighted by Gasteiger charge is 2.53. The predicted octanol–water partition coefficient (Wildman–Crippen LogP) is 5.76. The van der Waals surface area contributed by atoms with E-state index in [-0.39, 0.29) is 39.6 Å². The van der Waals surface area contributed by atoms with Gasteiger partial charge in [0.05, 0.1) is 16.6 Å². The summed E-state index contributed by atoms with van der Waals surface area (Å²) in [6.07, 6.45) is 1.41. The number of carbonyl (C=O) groups excluding carboxylic acids is 2. The SMILES string of the molecule is CO[C@@H]1[C@@H](OC(=O)NC2CCCCC2)[C@@H](O)[C@H](Oc2ccc3c(O)c(CC(=O)c4ccc(O)c(CC=C(C)C)c4)c(=O)oc3c2C)OC1(C)C. The standard InChI is InChI=1S/C38H47NO11/c1-20(2)12-13-22-18-23(14-16-27(22)40)28(41)19-26-30(42)25-15-17-29(21(3)32(25)48-35(26)44)47-36-31(43)33(34(46-6)38(4,5)50-36)49-37(45)39-24-10-8-7-9-11-24/h12,14-18,24,31,33-34,36,40,42-43H,7-11,13,19H2,1-6H3,(H,39,45)/t31-,33+,34-,36-/m1/s1. The zero-order valence-corrected chi connectivity index (χ0v) is 29.4. The minimum Gasteiger partial charge on any atom is -0.508 e. The summed E-state index contributed by atoms with van der Waals surface area (Å²) in [7, 11) is 1.44. The van der Waals surface area contributed by atoms with Crippen molar-refractivity contribution in [3.63, 3.8) is 0 Å². The van der Waals surface area contributed by atoms with Gasteiger partial charge in [0.1, 0.15) is 28.9 Å². The average molecular weight is 694 g/mol. The third kappa shape index (κ3) is 7.98. The molecule has 4 N–H and O–H groups in total.